The molecule has 3 atom stereocenters. The molecule has 2 fully saturated rings. The molecule has 0 spiro atoms. The highest BCUT2D eigenvalue weighted by molar-refractivity contribution is 5.87. The van der Waals surface area contributed by atoms with Crippen LogP contribution in [0.25, 0.3) is 0 Å². The van der Waals surface area contributed by atoms with Crippen molar-refractivity contribution < 1.29 is 14.3 Å². The summed E-state index contributed by atoms with van der Waals surface area (Å²) in [7, 11) is 2.02. The number of carboxylic acids is 1. The number of rotatable bonds is 5. The predicted octanol–water partition coefficient (Wildman–Crippen LogP) is 3.39. The van der Waals surface area contributed by atoms with E-state index >= 15 is 0 Å². The zero-order valence-electron chi connectivity index (χ0n) is 12.4. The first-order chi connectivity index (χ1) is 10.0. The summed E-state index contributed by atoms with van der Waals surface area (Å²) in [4.78, 5) is 13.0. The van der Waals surface area contributed by atoms with Crippen molar-refractivity contribution in [1.29, 1.82) is 0 Å². The van der Waals surface area contributed by atoms with Crippen molar-refractivity contribution in [3.63, 3.8) is 0 Å². The number of carbonyl (C=O) groups is 1. The van der Waals surface area contributed by atoms with Gasteiger partial charge < -0.3 is 10.0 Å². The van der Waals surface area contributed by atoms with Crippen molar-refractivity contribution in [2.45, 2.75) is 32.2 Å². The van der Waals surface area contributed by atoms with Crippen LogP contribution >= 0.6 is 0 Å². The fraction of sp³-hybridized carbons (Fsp3) is 0.588. The number of halogens is 1. The molecule has 3 nitrogen and oxygen atoms in total. The van der Waals surface area contributed by atoms with Gasteiger partial charge in [0.15, 0.2) is 0 Å². The van der Waals surface area contributed by atoms with Gasteiger partial charge in [0.25, 0.3) is 0 Å². The second-order valence-electron chi connectivity index (χ2n) is 6.74. The van der Waals surface area contributed by atoms with Gasteiger partial charge in [-0.1, -0.05) is 12.5 Å². The van der Waals surface area contributed by atoms with E-state index < -0.39 is 11.8 Å². The Morgan fingerprint density at radius 1 is 1.38 bits per heavy atom. The molecule has 4 heteroatoms. The lowest BCUT2D eigenvalue weighted by Crippen LogP contribution is -2.28. The van der Waals surface area contributed by atoms with Gasteiger partial charge in [-0.3, -0.25) is 0 Å². The lowest BCUT2D eigenvalue weighted by Gasteiger charge is -2.27. The summed E-state index contributed by atoms with van der Waals surface area (Å²) in [6.07, 6.45) is 5.48. The zero-order chi connectivity index (χ0) is 15.0. The molecule has 0 heterocycles. The van der Waals surface area contributed by atoms with Crippen LogP contribution in [0.5, 0.6) is 0 Å². The molecule has 1 aromatic rings. The maximum Gasteiger partial charge on any atom is 0.335 e. The summed E-state index contributed by atoms with van der Waals surface area (Å²) in [6, 6.07) is 4.19. The van der Waals surface area contributed by atoms with Crippen molar-refractivity contribution in [1.82, 2.24) is 4.90 Å². The Labute approximate surface area is 124 Å². The Morgan fingerprint density at radius 3 is 2.76 bits per heavy atom. The predicted molar refractivity (Wildman–Crippen MR) is 78.6 cm³/mol. The van der Waals surface area contributed by atoms with Gasteiger partial charge in [0, 0.05) is 18.7 Å². The van der Waals surface area contributed by atoms with Crippen LogP contribution in [0.3, 0.4) is 0 Å². The minimum absolute atomic E-state index is 0.00649. The molecule has 0 aromatic heterocycles. The van der Waals surface area contributed by atoms with E-state index in [4.69, 9.17) is 5.11 Å². The van der Waals surface area contributed by atoms with Crippen LogP contribution in [0.4, 0.5) is 4.39 Å². The van der Waals surface area contributed by atoms with E-state index in [9.17, 15) is 9.18 Å². The molecule has 0 amide bonds. The summed E-state index contributed by atoms with van der Waals surface area (Å²) in [6.45, 7) is 1.56. The van der Waals surface area contributed by atoms with Crippen molar-refractivity contribution in [3.05, 3.63) is 35.1 Å². The van der Waals surface area contributed by atoms with Crippen molar-refractivity contribution in [3.8, 4) is 0 Å². The van der Waals surface area contributed by atoms with Gasteiger partial charge in [0.05, 0.1) is 5.56 Å². The lowest BCUT2D eigenvalue weighted by molar-refractivity contribution is 0.0696. The van der Waals surface area contributed by atoms with Crippen LogP contribution in [0.15, 0.2) is 18.2 Å². The fourth-order valence-electron chi connectivity index (χ4n) is 4.16. The molecule has 3 unspecified atom stereocenters. The first-order valence-corrected chi connectivity index (χ1v) is 7.73. The molecule has 0 radical (unpaired) electrons. The SMILES string of the molecule is CN(Cc1ccc(C(=O)O)cc1F)CC1CC2CCC1C2. The quantitative estimate of drug-likeness (QED) is 0.904. The van der Waals surface area contributed by atoms with Gasteiger partial charge in [-0.05, 0) is 56.2 Å². The van der Waals surface area contributed by atoms with E-state index in [1.807, 2.05) is 7.05 Å². The molecule has 2 aliphatic rings. The maximum atomic E-state index is 13.9. The monoisotopic (exact) mass is 291 g/mol. The number of hydrogen-bond acceptors (Lipinski definition) is 2. The molecular weight excluding hydrogens is 269 g/mol. The second-order valence-corrected chi connectivity index (χ2v) is 6.74. The molecule has 2 bridgehead atoms. The normalized spacial score (nSPS) is 27.5. The van der Waals surface area contributed by atoms with Gasteiger partial charge in [-0.2, -0.15) is 0 Å². The summed E-state index contributed by atoms with van der Waals surface area (Å²) in [5.41, 5.74) is 0.581. The number of benzene rings is 1. The van der Waals surface area contributed by atoms with Crippen molar-refractivity contribution in [2.24, 2.45) is 17.8 Å². The minimum Gasteiger partial charge on any atom is -0.478 e. The first-order valence-electron chi connectivity index (χ1n) is 7.73. The largest absolute Gasteiger partial charge is 0.478 e. The molecule has 1 N–H and O–H groups in total. The lowest BCUT2D eigenvalue weighted by atomic mass is 9.88. The topological polar surface area (TPSA) is 40.5 Å². The van der Waals surface area contributed by atoms with E-state index in [-0.39, 0.29) is 5.56 Å². The molecule has 1 aromatic carbocycles. The Morgan fingerprint density at radius 2 is 2.19 bits per heavy atom. The molecule has 21 heavy (non-hydrogen) atoms. The summed E-state index contributed by atoms with van der Waals surface area (Å²) < 4.78 is 13.9. The summed E-state index contributed by atoms with van der Waals surface area (Å²) >= 11 is 0. The molecule has 3 rings (SSSR count). The van der Waals surface area contributed by atoms with Gasteiger partial charge in [-0.15, -0.1) is 0 Å². The van der Waals surface area contributed by atoms with Crippen LogP contribution in [-0.2, 0) is 6.54 Å². The zero-order valence-corrected chi connectivity index (χ0v) is 12.4. The maximum absolute atomic E-state index is 13.9. The first kappa shape index (κ1) is 14.5. The highest BCUT2D eigenvalue weighted by Gasteiger charge is 2.39. The molecular formula is C17H22FNO2. The van der Waals surface area contributed by atoms with Crippen LogP contribution in [0, 0.1) is 23.6 Å². The third-order valence-corrected chi connectivity index (χ3v) is 5.17. The van der Waals surface area contributed by atoms with E-state index in [0.29, 0.717) is 12.1 Å². The van der Waals surface area contributed by atoms with E-state index in [1.165, 1.54) is 31.7 Å². The highest BCUT2D eigenvalue weighted by atomic mass is 19.1. The Kier molecular flexibility index (Phi) is 3.98. The van der Waals surface area contributed by atoms with Crippen LogP contribution < -0.4 is 0 Å². The number of fused-ring (bicyclic) bond motifs is 2. The van der Waals surface area contributed by atoms with E-state index in [2.05, 4.69) is 4.90 Å². The average molecular weight is 291 g/mol. The van der Waals surface area contributed by atoms with Crippen LogP contribution in [0.2, 0.25) is 0 Å². The van der Waals surface area contributed by atoms with E-state index in [1.54, 1.807) is 6.07 Å². The van der Waals surface area contributed by atoms with Crippen LogP contribution in [0.1, 0.15) is 41.6 Å². The molecule has 114 valence electrons. The molecule has 2 aliphatic carbocycles. The smallest absolute Gasteiger partial charge is 0.335 e. The molecule has 0 saturated heterocycles. The van der Waals surface area contributed by atoms with Gasteiger partial charge in [0.2, 0.25) is 0 Å². The second kappa shape index (κ2) is 5.76. The molecule has 0 aliphatic heterocycles. The van der Waals surface area contributed by atoms with Crippen molar-refractivity contribution in [2.75, 3.05) is 13.6 Å². The third kappa shape index (κ3) is 3.10. The standard InChI is InChI=1S/C17H22FNO2/c1-19(10-15-7-11-2-3-12(15)6-11)9-14-5-4-13(17(20)21)8-16(14)18/h4-5,8,11-12,15H,2-3,6-7,9-10H2,1H3,(H,20,21). The van der Waals surface area contributed by atoms with Crippen LogP contribution in [-0.4, -0.2) is 29.6 Å². The number of hydrogen-bond donors (Lipinski definition) is 1. The number of aromatic carboxylic acids is 1. The fourth-order valence-corrected chi connectivity index (χ4v) is 4.16. The van der Waals surface area contributed by atoms with E-state index in [0.717, 1.165) is 30.4 Å². The minimum atomic E-state index is -1.09. The van der Waals surface area contributed by atoms with Gasteiger partial charge >= 0.3 is 5.97 Å². The number of nitrogens with zero attached hydrogens (tertiary/aromatic N) is 1. The Bertz CT molecular complexity index is 546. The van der Waals surface area contributed by atoms with Gasteiger partial charge in [-0.25, -0.2) is 9.18 Å². The summed E-state index contributed by atoms with van der Waals surface area (Å²) in [5.74, 6) is 1.05. The Balaban J connectivity index is 1.59. The van der Waals surface area contributed by atoms with Crippen molar-refractivity contribution >= 4 is 5.97 Å². The van der Waals surface area contributed by atoms with Gasteiger partial charge in [0.1, 0.15) is 5.82 Å². The number of carboxylic acid groups (broad SMARTS) is 1. The molecule has 2 saturated carbocycles. The average Bonchev–Trinajstić information content (AvgIpc) is 3.03. The highest BCUT2D eigenvalue weighted by Crippen LogP contribution is 2.48. The third-order valence-electron chi connectivity index (χ3n) is 5.17. The Hall–Kier alpha value is -1.42. The summed E-state index contributed by atoms with van der Waals surface area (Å²) in [5, 5.41) is 8.86.